The van der Waals surface area contributed by atoms with Crippen molar-refractivity contribution in [3.05, 3.63) is 77.9 Å². The fourth-order valence-electron chi connectivity index (χ4n) is 3.55. The number of aromatic hydroxyl groups is 1. The maximum atomic E-state index is 13.0. The fraction of sp³-hybridized carbons (Fsp3) is 0.217. The molecular weight excluding hydrogens is 354 g/mol. The number of phenolic OH excluding ortho intramolecular Hbond substituents is 1. The molecule has 1 heterocycles. The van der Waals surface area contributed by atoms with Gasteiger partial charge in [0.2, 0.25) is 6.10 Å². The fourth-order valence-corrected chi connectivity index (χ4v) is 3.55. The van der Waals surface area contributed by atoms with Gasteiger partial charge in [-0.05, 0) is 35.7 Å². The number of benzene rings is 3. The highest BCUT2D eigenvalue weighted by Crippen LogP contribution is 2.29. The summed E-state index contributed by atoms with van der Waals surface area (Å²) in [7, 11) is 0. The number of phenols is 1. The maximum absolute atomic E-state index is 13.0. The molecule has 1 atom stereocenters. The third kappa shape index (κ3) is 3.56. The van der Waals surface area contributed by atoms with Crippen molar-refractivity contribution in [1.82, 2.24) is 4.90 Å². The molecule has 1 aliphatic rings. The highest BCUT2D eigenvalue weighted by Gasteiger charge is 2.31. The summed E-state index contributed by atoms with van der Waals surface area (Å²) in [5, 5.41) is 12.0. The van der Waals surface area contributed by atoms with Crippen LogP contribution in [-0.4, -0.2) is 35.0 Å². The predicted molar refractivity (Wildman–Crippen MR) is 106 cm³/mol. The Morgan fingerprint density at radius 2 is 1.50 bits per heavy atom. The van der Waals surface area contributed by atoms with Crippen molar-refractivity contribution < 1.29 is 19.4 Å². The van der Waals surface area contributed by atoms with Gasteiger partial charge in [-0.3, -0.25) is 4.79 Å². The number of amides is 1. The molecule has 142 valence electrons. The lowest BCUT2D eigenvalue weighted by Gasteiger charge is -2.23. The van der Waals surface area contributed by atoms with Crippen LogP contribution in [0, 0.1) is 0 Å². The predicted octanol–water partition coefficient (Wildman–Crippen LogP) is 4.07. The minimum Gasteiger partial charge on any atom is -0.507 e. The first-order valence-electron chi connectivity index (χ1n) is 9.40. The topological polar surface area (TPSA) is 66.8 Å². The van der Waals surface area contributed by atoms with Crippen LogP contribution >= 0.6 is 0 Å². The Kier molecular flexibility index (Phi) is 4.98. The molecule has 0 saturated carbocycles. The zero-order valence-electron chi connectivity index (χ0n) is 15.4. The van der Waals surface area contributed by atoms with Crippen LogP contribution in [0.3, 0.4) is 0 Å². The molecule has 1 saturated heterocycles. The van der Waals surface area contributed by atoms with E-state index in [-0.39, 0.29) is 17.2 Å². The molecule has 5 heteroatoms. The zero-order valence-corrected chi connectivity index (χ0v) is 15.4. The number of esters is 1. The molecule has 0 radical (unpaired) electrons. The number of ether oxygens (including phenoxy) is 1. The molecule has 3 aromatic rings. The van der Waals surface area contributed by atoms with Crippen molar-refractivity contribution in [2.45, 2.75) is 18.9 Å². The summed E-state index contributed by atoms with van der Waals surface area (Å²) in [6.45, 7) is 1.34. The van der Waals surface area contributed by atoms with Gasteiger partial charge in [-0.1, -0.05) is 54.6 Å². The largest absolute Gasteiger partial charge is 0.507 e. The average Bonchev–Trinajstić information content (AvgIpc) is 3.26. The third-order valence-electron chi connectivity index (χ3n) is 5.05. The molecule has 28 heavy (non-hydrogen) atoms. The number of likely N-dealkylation sites (tertiary alicyclic amines) is 1. The van der Waals surface area contributed by atoms with Gasteiger partial charge in [0.05, 0.1) is 0 Å². The van der Waals surface area contributed by atoms with E-state index < -0.39 is 12.1 Å². The lowest BCUT2D eigenvalue weighted by atomic mass is 10.1. The Bertz CT molecular complexity index is 1010. The minimum atomic E-state index is -1.03. The average molecular weight is 375 g/mol. The van der Waals surface area contributed by atoms with E-state index in [9.17, 15) is 14.7 Å². The van der Waals surface area contributed by atoms with Gasteiger partial charge in [0, 0.05) is 18.7 Å². The Labute approximate surface area is 163 Å². The quantitative estimate of drug-likeness (QED) is 0.698. The molecule has 0 bridgehead atoms. The molecule has 1 aliphatic heterocycles. The number of hydrogen-bond donors (Lipinski definition) is 1. The first-order chi connectivity index (χ1) is 13.6. The zero-order chi connectivity index (χ0) is 19.5. The van der Waals surface area contributed by atoms with Crippen LogP contribution in [0.4, 0.5) is 0 Å². The van der Waals surface area contributed by atoms with E-state index in [1.54, 1.807) is 35.2 Å². The van der Waals surface area contributed by atoms with E-state index in [4.69, 9.17) is 4.74 Å². The third-order valence-corrected chi connectivity index (χ3v) is 5.05. The molecule has 1 amide bonds. The Morgan fingerprint density at radius 3 is 2.18 bits per heavy atom. The molecule has 4 rings (SSSR count). The first kappa shape index (κ1) is 18.0. The molecule has 0 spiro atoms. The molecule has 3 aromatic carbocycles. The second kappa shape index (κ2) is 7.72. The van der Waals surface area contributed by atoms with Gasteiger partial charge < -0.3 is 14.7 Å². The van der Waals surface area contributed by atoms with Gasteiger partial charge in [0.1, 0.15) is 11.3 Å². The van der Waals surface area contributed by atoms with Crippen molar-refractivity contribution >= 4 is 22.6 Å². The second-order valence-electron chi connectivity index (χ2n) is 6.94. The molecule has 0 aliphatic carbocycles. The van der Waals surface area contributed by atoms with Gasteiger partial charge in [0.25, 0.3) is 5.91 Å². The highest BCUT2D eigenvalue weighted by atomic mass is 16.5. The lowest BCUT2D eigenvalue weighted by molar-refractivity contribution is -0.140. The molecular formula is C23H21NO4. The molecule has 1 N–H and O–H groups in total. The van der Waals surface area contributed by atoms with Crippen LogP contribution in [0.2, 0.25) is 0 Å². The van der Waals surface area contributed by atoms with Crippen molar-refractivity contribution in [2.24, 2.45) is 0 Å². The van der Waals surface area contributed by atoms with Crippen molar-refractivity contribution in [1.29, 1.82) is 0 Å². The molecule has 0 aromatic heterocycles. The number of fused-ring (bicyclic) bond motifs is 1. The normalized spacial score (nSPS) is 14.8. The van der Waals surface area contributed by atoms with Crippen LogP contribution in [-0.2, 0) is 9.53 Å². The van der Waals surface area contributed by atoms with Gasteiger partial charge in [-0.25, -0.2) is 4.79 Å². The van der Waals surface area contributed by atoms with Crippen LogP contribution < -0.4 is 0 Å². The van der Waals surface area contributed by atoms with E-state index in [1.165, 1.54) is 6.07 Å². The van der Waals surface area contributed by atoms with Gasteiger partial charge >= 0.3 is 5.97 Å². The van der Waals surface area contributed by atoms with Crippen LogP contribution in [0.25, 0.3) is 10.8 Å². The lowest BCUT2D eigenvalue weighted by Crippen LogP contribution is -2.34. The first-order valence-corrected chi connectivity index (χ1v) is 9.40. The van der Waals surface area contributed by atoms with E-state index >= 15 is 0 Å². The summed E-state index contributed by atoms with van der Waals surface area (Å²) in [5.74, 6) is -1.11. The molecule has 0 unspecified atom stereocenters. The van der Waals surface area contributed by atoms with E-state index in [0.29, 0.717) is 18.7 Å². The summed E-state index contributed by atoms with van der Waals surface area (Å²) >= 11 is 0. The van der Waals surface area contributed by atoms with Crippen LogP contribution in [0.1, 0.15) is 34.9 Å². The van der Waals surface area contributed by atoms with Crippen LogP contribution in [0.5, 0.6) is 5.75 Å². The van der Waals surface area contributed by atoms with Gasteiger partial charge in [-0.15, -0.1) is 0 Å². The van der Waals surface area contributed by atoms with Gasteiger partial charge in [-0.2, -0.15) is 0 Å². The summed E-state index contributed by atoms with van der Waals surface area (Å²) in [6, 6.07) is 19.6. The van der Waals surface area contributed by atoms with E-state index in [1.807, 2.05) is 30.3 Å². The number of hydrogen-bond acceptors (Lipinski definition) is 4. The smallest absolute Gasteiger partial charge is 0.343 e. The Balaban J connectivity index is 1.65. The monoisotopic (exact) mass is 375 g/mol. The summed E-state index contributed by atoms with van der Waals surface area (Å²) in [4.78, 5) is 27.6. The maximum Gasteiger partial charge on any atom is 0.343 e. The SMILES string of the molecule is O=C(O[C@H](C(=O)N1CCCC1)c1ccccc1)c1cc2ccccc2cc1O. The Hall–Kier alpha value is -3.34. The second-order valence-corrected chi connectivity index (χ2v) is 6.94. The number of rotatable bonds is 4. The molecule has 5 nitrogen and oxygen atoms in total. The number of carbonyl (C=O) groups excluding carboxylic acids is 2. The van der Waals surface area contributed by atoms with Crippen molar-refractivity contribution in [3.63, 3.8) is 0 Å². The minimum absolute atomic E-state index is 0.0499. The molecule has 1 fully saturated rings. The standard InChI is InChI=1S/C23H21NO4/c25-20-15-18-11-5-4-10-17(18)14-19(20)23(27)28-21(16-8-2-1-3-9-16)22(26)24-12-6-7-13-24/h1-5,8-11,14-15,21,25H,6-7,12-13H2/t21-/m0/s1. The van der Waals surface area contributed by atoms with Crippen molar-refractivity contribution in [2.75, 3.05) is 13.1 Å². The summed E-state index contributed by atoms with van der Waals surface area (Å²) in [6.07, 6.45) is 0.872. The summed E-state index contributed by atoms with van der Waals surface area (Å²) < 4.78 is 5.64. The number of nitrogens with zero attached hydrogens (tertiary/aromatic N) is 1. The highest BCUT2D eigenvalue weighted by molar-refractivity contribution is 5.99. The van der Waals surface area contributed by atoms with Crippen molar-refractivity contribution in [3.8, 4) is 5.75 Å². The van der Waals surface area contributed by atoms with E-state index in [2.05, 4.69) is 0 Å². The van der Waals surface area contributed by atoms with E-state index in [0.717, 1.165) is 23.6 Å². The summed E-state index contributed by atoms with van der Waals surface area (Å²) in [5.41, 5.74) is 0.668. The Morgan fingerprint density at radius 1 is 0.893 bits per heavy atom. The van der Waals surface area contributed by atoms with Crippen LogP contribution in [0.15, 0.2) is 66.7 Å². The number of carbonyl (C=O) groups is 2. The van der Waals surface area contributed by atoms with Gasteiger partial charge in [0.15, 0.2) is 0 Å².